The summed E-state index contributed by atoms with van der Waals surface area (Å²) in [6.45, 7) is 0. The summed E-state index contributed by atoms with van der Waals surface area (Å²) in [5.41, 5.74) is 22.2. The highest BCUT2D eigenvalue weighted by Gasteiger charge is 2.49. The Balaban J connectivity index is 1.11. The number of para-hydroxylation sites is 2. The summed E-state index contributed by atoms with van der Waals surface area (Å²) in [6.07, 6.45) is 0. The van der Waals surface area contributed by atoms with Crippen LogP contribution in [0.1, 0.15) is 22.3 Å². The molecule has 2 heteroatoms. The Morgan fingerprint density at radius 3 is 1.22 bits per heavy atom. The summed E-state index contributed by atoms with van der Waals surface area (Å²) in [7, 11) is 0. The SMILES string of the molecule is c1ccc(-c2ccc(N(c3ccc4c(c3)-c3ccccc3Oc3ccccc3-4)c3ccc4c(c3)C3(c5ccccc5-c5ccccc5-4)c4ccccc4-c4ccccc43)cc2)cc1. The van der Waals surface area contributed by atoms with Crippen molar-refractivity contribution in [1.82, 2.24) is 0 Å². The Morgan fingerprint density at radius 2 is 0.635 bits per heavy atom. The Hall–Kier alpha value is -8.20. The first kappa shape index (κ1) is 35.5. The van der Waals surface area contributed by atoms with Gasteiger partial charge in [0.05, 0.1) is 5.41 Å². The van der Waals surface area contributed by atoms with Gasteiger partial charge in [0, 0.05) is 28.2 Å². The maximum absolute atomic E-state index is 6.64. The second-order valence-corrected chi connectivity index (χ2v) is 16.7. The van der Waals surface area contributed by atoms with Crippen LogP contribution in [0.25, 0.3) is 66.8 Å². The summed E-state index contributed by atoms with van der Waals surface area (Å²) in [4.78, 5) is 2.44. The molecule has 0 fully saturated rings. The third kappa shape index (κ3) is 5.25. The molecule has 0 radical (unpaired) electrons. The molecule has 13 rings (SSSR count). The first-order valence-corrected chi connectivity index (χ1v) is 21.8. The topological polar surface area (TPSA) is 12.5 Å². The van der Waals surface area contributed by atoms with E-state index in [4.69, 9.17) is 4.74 Å². The van der Waals surface area contributed by atoms with Gasteiger partial charge in [-0.1, -0.05) is 188 Å². The Bertz CT molecular complexity index is 3390. The van der Waals surface area contributed by atoms with Gasteiger partial charge in [0.15, 0.2) is 0 Å². The summed E-state index contributed by atoms with van der Waals surface area (Å²) < 4.78 is 6.64. The Morgan fingerprint density at radius 1 is 0.254 bits per heavy atom. The number of rotatable bonds is 4. The monoisotopic (exact) mass is 801 g/mol. The Labute approximate surface area is 367 Å². The smallest absolute Gasteiger partial charge is 0.135 e. The zero-order valence-corrected chi connectivity index (χ0v) is 34.4. The van der Waals surface area contributed by atoms with Gasteiger partial charge in [-0.15, -0.1) is 0 Å². The average Bonchev–Trinajstić information content (AvgIpc) is 3.50. The van der Waals surface area contributed by atoms with E-state index in [9.17, 15) is 0 Å². The van der Waals surface area contributed by atoms with Crippen molar-refractivity contribution < 1.29 is 4.74 Å². The summed E-state index contributed by atoms with van der Waals surface area (Å²) in [5, 5.41) is 0. The number of hydrogen-bond acceptors (Lipinski definition) is 2. The van der Waals surface area contributed by atoms with Gasteiger partial charge in [0.1, 0.15) is 11.5 Å². The molecule has 1 heterocycles. The van der Waals surface area contributed by atoms with Gasteiger partial charge in [0.2, 0.25) is 0 Å². The predicted molar refractivity (Wildman–Crippen MR) is 259 cm³/mol. The van der Waals surface area contributed by atoms with E-state index in [2.05, 4.69) is 235 Å². The number of anilines is 3. The van der Waals surface area contributed by atoms with Crippen molar-refractivity contribution >= 4 is 17.1 Å². The van der Waals surface area contributed by atoms with E-state index < -0.39 is 5.41 Å². The van der Waals surface area contributed by atoms with Gasteiger partial charge in [-0.25, -0.2) is 0 Å². The van der Waals surface area contributed by atoms with Crippen molar-refractivity contribution in [3.8, 4) is 78.3 Å². The number of ether oxygens (including phenoxy) is 1. The first-order chi connectivity index (χ1) is 31.3. The molecule has 63 heavy (non-hydrogen) atoms. The third-order valence-corrected chi connectivity index (χ3v) is 13.5. The second kappa shape index (κ2) is 13.9. The van der Waals surface area contributed by atoms with Crippen LogP contribution in [0.3, 0.4) is 0 Å². The summed E-state index contributed by atoms with van der Waals surface area (Å²) in [6, 6.07) is 86.8. The fourth-order valence-corrected chi connectivity index (χ4v) is 10.9. The van der Waals surface area contributed by atoms with E-state index in [-0.39, 0.29) is 0 Å². The molecule has 0 atom stereocenters. The van der Waals surface area contributed by atoms with E-state index in [1.807, 2.05) is 6.07 Å². The van der Waals surface area contributed by atoms with E-state index >= 15 is 0 Å². The van der Waals surface area contributed by atoms with Gasteiger partial charge >= 0.3 is 0 Å². The Kier molecular flexibility index (Phi) is 7.85. The standard InChI is InChI=1S/C61H39NO/c1-2-16-40(17-3-1)41-30-32-42(33-31-41)62(43-34-36-47-52-23-9-14-28-59(52)63-60-29-15-10-24-53(60)54(47)38-43)44-35-37-51-46-19-5-4-18-45(46)48-20-6-11-25-55(48)61(58(51)39-44)56-26-12-7-21-49(56)50-22-8-13-27-57(50)61/h1-39H. The number of hydrogen-bond donors (Lipinski definition) is 0. The van der Waals surface area contributed by atoms with Crippen LogP contribution in [0.4, 0.5) is 17.1 Å². The largest absolute Gasteiger partial charge is 0.456 e. The molecule has 1 spiro atoms. The lowest BCUT2D eigenvalue weighted by molar-refractivity contribution is 0.488. The van der Waals surface area contributed by atoms with Crippen LogP contribution in [-0.4, -0.2) is 0 Å². The molecule has 10 aromatic carbocycles. The lowest BCUT2D eigenvalue weighted by Gasteiger charge is -2.36. The molecule has 0 bridgehead atoms. The van der Waals surface area contributed by atoms with E-state index in [1.165, 1.54) is 66.8 Å². The first-order valence-electron chi connectivity index (χ1n) is 21.8. The maximum atomic E-state index is 6.64. The maximum Gasteiger partial charge on any atom is 0.135 e. The van der Waals surface area contributed by atoms with Crippen LogP contribution in [0.5, 0.6) is 11.5 Å². The highest BCUT2D eigenvalue weighted by Crippen LogP contribution is 2.62. The lowest BCUT2D eigenvalue weighted by atomic mass is 9.66. The minimum Gasteiger partial charge on any atom is -0.456 e. The van der Waals surface area contributed by atoms with Crippen molar-refractivity contribution in [2.24, 2.45) is 0 Å². The average molecular weight is 802 g/mol. The molecule has 0 amide bonds. The van der Waals surface area contributed by atoms with Crippen molar-refractivity contribution in [1.29, 1.82) is 0 Å². The third-order valence-electron chi connectivity index (χ3n) is 13.5. The van der Waals surface area contributed by atoms with E-state index in [0.717, 1.165) is 50.8 Å². The van der Waals surface area contributed by atoms with Gasteiger partial charge in [-0.3, -0.25) is 0 Å². The lowest BCUT2D eigenvalue weighted by Crippen LogP contribution is -2.29. The molecule has 2 nitrogen and oxygen atoms in total. The van der Waals surface area contributed by atoms with Crippen LogP contribution < -0.4 is 9.64 Å². The zero-order chi connectivity index (χ0) is 41.5. The molecule has 0 unspecified atom stereocenters. The second-order valence-electron chi connectivity index (χ2n) is 16.7. The summed E-state index contributed by atoms with van der Waals surface area (Å²) >= 11 is 0. The highest BCUT2D eigenvalue weighted by atomic mass is 16.5. The van der Waals surface area contributed by atoms with Crippen molar-refractivity contribution in [2.75, 3.05) is 4.90 Å². The molecular formula is C61H39NO. The van der Waals surface area contributed by atoms with Crippen LogP contribution in [0, 0.1) is 0 Å². The highest BCUT2D eigenvalue weighted by molar-refractivity contribution is 5.99. The van der Waals surface area contributed by atoms with E-state index in [1.54, 1.807) is 0 Å². The minimum absolute atomic E-state index is 0.593. The zero-order valence-electron chi connectivity index (χ0n) is 34.4. The molecule has 0 saturated heterocycles. The molecular weight excluding hydrogens is 763 g/mol. The number of nitrogens with zero attached hydrogens (tertiary/aromatic N) is 1. The van der Waals surface area contributed by atoms with Crippen LogP contribution in [-0.2, 0) is 5.41 Å². The van der Waals surface area contributed by atoms with Gasteiger partial charge in [-0.2, -0.15) is 0 Å². The molecule has 0 aromatic heterocycles. The molecule has 1 aliphatic heterocycles. The van der Waals surface area contributed by atoms with E-state index in [0.29, 0.717) is 0 Å². The van der Waals surface area contributed by atoms with Crippen molar-refractivity contribution in [2.45, 2.75) is 5.41 Å². The van der Waals surface area contributed by atoms with Gasteiger partial charge in [-0.05, 0) is 126 Å². The molecule has 3 aliphatic rings. The van der Waals surface area contributed by atoms with Crippen LogP contribution >= 0.6 is 0 Å². The van der Waals surface area contributed by atoms with Crippen molar-refractivity contribution in [3.63, 3.8) is 0 Å². The number of fused-ring (bicyclic) bond motifs is 17. The fraction of sp³-hybridized carbons (Fsp3) is 0.0164. The number of benzene rings is 10. The molecule has 2 aliphatic carbocycles. The molecule has 0 saturated carbocycles. The van der Waals surface area contributed by atoms with Crippen LogP contribution in [0.2, 0.25) is 0 Å². The van der Waals surface area contributed by atoms with Gasteiger partial charge < -0.3 is 9.64 Å². The summed E-state index contributed by atoms with van der Waals surface area (Å²) in [5.74, 6) is 1.71. The molecule has 294 valence electrons. The van der Waals surface area contributed by atoms with Crippen molar-refractivity contribution in [3.05, 3.63) is 259 Å². The fourth-order valence-electron chi connectivity index (χ4n) is 10.9. The quantitative estimate of drug-likeness (QED) is 0.176. The molecule has 10 aromatic rings. The van der Waals surface area contributed by atoms with Crippen LogP contribution in [0.15, 0.2) is 237 Å². The van der Waals surface area contributed by atoms with Gasteiger partial charge in [0.25, 0.3) is 0 Å². The predicted octanol–water partition coefficient (Wildman–Crippen LogP) is 16.3. The minimum atomic E-state index is -0.593. The normalized spacial score (nSPS) is 13.0. The molecule has 0 N–H and O–H groups in total.